The highest BCUT2D eigenvalue weighted by Crippen LogP contribution is 2.31. The number of hydrogen-bond acceptors (Lipinski definition) is 3. The molecule has 7 heteroatoms. The van der Waals surface area contributed by atoms with Crippen molar-refractivity contribution in [3.05, 3.63) is 50.6 Å². The average Bonchev–Trinajstić information content (AvgIpc) is 2.84. The van der Waals surface area contributed by atoms with Gasteiger partial charge in [0, 0.05) is 18.0 Å². The second-order valence-electron chi connectivity index (χ2n) is 4.00. The Morgan fingerprint density at radius 1 is 1.20 bits per heavy atom. The molecule has 0 aliphatic rings. The van der Waals surface area contributed by atoms with Gasteiger partial charge in [-0.15, -0.1) is 24.5 Å². The summed E-state index contributed by atoms with van der Waals surface area (Å²) in [6, 6.07) is 8.52. The van der Waals surface area contributed by atoms with Crippen molar-refractivity contribution >= 4 is 27.3 Å². The third-order valence-electron chi connectivity index (χ3n) is 2.43. The number of hydrogen-bond donors (Lipinski definition) is 1. The first kappa shape index (κ1) is 15.3. The Kier molecular flexibility index (Phi) is 5.06. The molecule has 1 N–H and O–H groups in total. The lowest BCUT2D eigenvalue weighted by molar-refractivity contribution is -0.274. The largest absolute Gasteiger partial charge is 0.573 e. The number of nitrogens with one attached hydrogen (secondary N) is 1. The fourth-order valence-electron chi connectivity index (χ4n) is 1.60. The zero-order valence-corrected chi connectivity index (χ0v) is 12.6. The number of benzene rings is 1. The highest BCUT2D eigenvalue weighted by Gasteiger charge is 2.31. The van der Waals surface area contributed by atoms with Gasteiger partial charge < -0.3 is 10.1 Å². The first-order valence-corrected chi connectivity index (χ1v) is 7.38. The van der Waals surface area contributed by atoms with Crippen LogP contribution in [-0.2, 0) is 13.1 Å². The minimum absolute atomic E-state index is 0.237. The van der Waals surface area contributed by atoms with Crippen LogP contribution in [-0.4, -0.2) is 6.36 Å². The number of halogens is 4. The minimum Gasteiger partial charge on any atom is -0.405 e. The number of alkyl halides is 3. The van der Waals surface area contributed by atoms with Crippen LogP contribution in [0.5, 0.6) is 5.75 Å². The van der Waals surface area contributed by atoms with Crippen LogP contribution in [0.1, 0.15) is 10.4 Å². The van der Waals surface area contributed by atoms with Gasteiger partial charge >= 0.3 is 6.36 Å². The topological polar surface area (TPSA) is 21.3 Å². The lowest BCUT2D eigenvalue weighted by atomic mass is 10.2. The molecule has 0 bridgehead atoms. The van der Waals surface area contributed by atoms with E-state index in [1.165, 1.54) is 10.9 Å². The van der Waals surface area contributed by atoms with Crippen molar-refractivity contribution in [2.45, 2.75) is 19.5 Å². The quantitative estimate of drug-likeness (QED) is 0.829. The van der Waals surface area contributed by atoms with Crippen molar-refractivity contribution in [3.8, 4) is 5.75 Å². The summed E-state index contributed by atoms with van der Waals surface area (Å²) in [6.07, 6.45) is -4.68. The van der Waals surface area contributed by atoms with Gasteiger partial charge in [-0.2, -0.15) is 0 Å². The zero-order chi connectivity index (χ0) is 14.6. The maximum absolute atomic E-state index is 12.1. The summed E-state index contributed by atoms with van der Waals surface area (Å²) in [4.78, 5) is 1.21. The van der Waals surface area contributed by atoms with E-state index in [0.29, 0.717) is 6.54 Å². The van der Waals surface area contributed by atoms with Crippen LogP contribution in [0, 0.1) is 0 Å². The monoisotopic (exact) mass is 365 g/mol. The molecule has 0 aliphatic heterocycles. The maximum Gasteiger partial charge on any atom is 0.573 e. The van der Waals surface area contributed by atoms with Gasteiger partial charge in [-0.25, -0.2) is 0 Å². The van der Waals surface area contributed by atoms with Gasteiger partial charge in [0.2, 0.25) is 0 Å². The fraction of sp³-hybridized carbons (Fsp3) is 0.231. The number of thiophene rings is 1. The van der Waals surface area contributed by atoms with Crippen molar-refractivity contribution in [2.75, 3.05) is 0 Å². The predicted molar refractivity (Wildman–Crippen MR) is 75.7 cm³/mol. The van der Waals surface area contributed by atoms with Crippen molar-refractivity contribution in [2.24, 2.45) is 0 Å². The predicted octanol–water partition coefficient (Wildman–Crippen LogP) is 4.70. The lowest BCUT2D eigenvalue weighted by Gasteiger charge is -2.11. The molecule has 108 valence electrons. The summed E-state index contributed by atoms with van der Waals surface area (Å²) < 4.78 is 40.6. The van der Waals surface area contributed by atoms with Crippen LogP contribution in [0.15, 0.2) is 40.2 Å². The Balaban J connectivity index is 1.91. The van der Waals surface area contributed by atoms with E-state index in [0.717, 1.165) is 12.1 Å². The van der Waals surface area contributed by atoms with Crippen LogP contribution in [0.3, 0.4) is 0 Å². The average molecular weight is 366 g/mol. The molecule has 0 radical (unpaired) electrons. The minimum atomic E-state index is -4.68. The highest BCUT2D eigenvalue weighted by molar-refractivity contribution is 9.10. The van der Waals surface area contributed by atoms with Crippen molar-refractivity contribution in [3.63, 3.8) is 0 Å². The van der Waals surface area contributed by atoms with Crippen LogP contribution in [0.2, 0.25) is 0 Å². The summed E-state index contributed by atoms with van der Waals surface area (Å²) in [7, 11) is 0. The Morgan fingerprint density at radius 3 is 2.60 bits per heavy atom. The molecule has 0 spiro atoms. The molecule has 0 atom stereocenters. The third kappa shape index (κ3) is 4.81. The molecule has 2 rings (SSSR count). The standard InChI is InChI=1S/C13H11BrF3NOS/c14-11-6-9(3-4-12(11)19-13(15,16)17)7-18-8-10-2-1-5-20-10/h1-6,18H,7-8H2. The lowest BCUT2D eigenvalue weighted by Crippen LogP contribution is -2.17. The fourth-order valence-corrected chi connectivity index (χ4v) is 2.79. The molecule has 20 heavy (non-hydrogen) atoms. The Morgan fingerprint density at radius 2 is 2.00 bits per heavy atom. The molecule has 1 aromatic carbocycles. The molecule has 2 nitrogen and oxygen atoms in total. The molecular weight excluding hydrogens is 355 g/mol. The molecule has 1 heterocycles. The Hall–Kier alpha value is -1.05. The van der Waals surface area contributed by atoms with Gasteiger partial charge in [0.05, 0.1) is 4.47 Å². The van der Waals surface area contributed by atoms with E-state index >= 15 is 0 Å². The normalized spacial score (nSPS) is 11.6. The van der Waals surface area contributed by atoms with Gasteiger partial charge in [0.15, 0.2) is 0 Å². The second-order valence-corrected chi connectivity index (χ2v) is 5.88. The van der Waals surface area contributed by atoms with Gasteiger partial charge in [-0.3, -0.25) is 0 Å². The summed E-state index contributed by atoms with van der Waals surface area (Å²) in [5.74, 6) is -0.237. The van der Waals surface area contributed by atoms with Gasteiger partial charge in [0.1, 0.15) is 5.75 Å². The van der Waals surface area contributed by atoms with Crippen LogP contribution in [0.4, 0.5) is 13.2 Å². The molecule has 0 saturated heterocycles. The first-order chi connectivity index (χ1) is 9.44. The van der Waals surface area contributed by atoms with E-state index in [9.17, 15) is 13.2 Å². The van der Waals surface area contributed by atoms with Crippen molar-refractivity contribution in [1.29, 1.82) is 0 Å². The van der Waals surface area contributed by atoms with Gasteiger partial charge in [-0.1, -0.05) is 12.1 Å². The highest BCUT2D eigenvalue weighted by atomic mass is 79.9. The van der Waals surface area contributed by atoms with E-state index in [1.54, 1.807) is 23.5 Å². The third-order valence-corrected chi connectivity index (χ3v) is 3.93. The molecule has 1 aromatic heterocycles. The van der Waals surface area contributed by atoms with Crippen molar-refractivity contribution in [1.82, 2.24) is 5.32 Å². The maximum atomic E-state index is 12.1. The number of rotatable bonds is 5. The second kappa shape index (κ2) is 6.60. The summed E-state index contributed by atoms with van der Waals surface area (Å²) in [6.45, 7) is 1.30. The summed E-state index contributed by atoms with van der Waals surface area (Å²) >= 11 is 4.73. The SMILES string of the molecule is FC(F)(F)Oc1ccc(CNCc2cccs2)cc1Br. The molecular formula is C13H11BrF3NOS. The molecule has 0 unspecified atom stereocenters. The van der Waals surface area contributed by atoms with Crippen molar-refractivity contribution < 1.29 is 17.9 Å². The van der Waals surface area contributed by atoms with Gasteiger partial charge in [-0.05, 0) is 45.1 Å². The molecule has 2 aromatic rings. The van der Waals surface area contributed by atoms with E-state index in [1.807, 2.05) is 17.5 Å². The number of ether oxygens (including phenoxy) is 1. The van der Waals surface area contributed by atoms with E-state index in [2.05, 4.69) is 26.0 Å². The van der Waals surface area contributed by atoms with E-state index in [-0.39, 0.29) is 10.2 Å². The molecule has 0 aliphatic carbocycles. The van der Waals surface area contributed by atoms with E-state index in [4.69, 9.17) is 0 Å². The summed E-state index contributed by atoms with van der Waals surface area (Å²) in [5, 5.41) is 5.22. The summed E-state index contributed by atoms with van der Waals surface area (Å²) in [5.41, 5.74) is 0.878. The van der Waals surface area contributed by atoms with Crippen LogP contribution >= 0.6 is 27.3 Å². The zero-order valence-electron chi connectivity index (χ0n) is 10.2. The Bertz CT molecular complexity index is 557. The molecule has 0 amide bonds. The van der Waals surface area contributed by atoms with Crippen LogP contribution < -0.4 is 10.1 Å². The smallest absolute Gasteiger partial charge is 0.405 e. The van der Waals surface area contributed by atoms with E-state index < -0.39 is 6.36 Å². The molecule has 0 fully saturated rings. The van der Waals surface area contributed by atoms with Gasteiger partial charge in [0.25, 0.3) is 0 Å². The Labute approximate surface area is 126 Å². The van der Waals surface area contributed by atoms with Crippen LogP contribution in [0.25, 0.3) is 0 Å². The molecule has 0 saturated carbocycles. The first-order valence-electron chi connectivity index (χ1n) is 5.71.